The van der Waals surface area contributed by atoms with Crippen molar-refractivity contribution in [3.05, 3.63) is 28.3 Å². The van der Waals surface area contributed by atoms with Gasteiger partial charge in [-0.3, -0.25) is 14.9 Å². The number of rotatable bonds is 4. The minimum Gasteiger partial charge on any atom is -0.490 e. The summed E-state index contributed by atoms with van der Waals surface area (Å²) >= 11 is 0. The molecule has 7 nitrogen and oxygen atoms in total. The Hall–Kier alpha value is -2.31. The fourth-order valence-electron chi connectivity index (χ4n) is 1.86. The van der Waals surface area contributed by atoms with Crippen molar-refractivity contribution in [2.75, 3.05) is 25.1 Å². The molecule has 1 N–H and O–H groups in total. The Balaban J connectivity index is 2.17. The zero-order chi connectivity index (χ0) is 13.3. The van der Waals surface area contributed by atoms with E-state index in [9.17, 15) is 14.9 Å². The van der Waals surface area contributed by atoms with Gasteiger partial charge in [0.05, 0.1) is 18.0 Å². The maximum atomic E-state index is 10.7. The van der Waals surface area contributed by atoms with Gasteiger partial charge in [0.2, 0.25) is 0 Å². The van der Waals surface area contributed by atoms with Crippen LogP contribution < -0.4 is 9.64 Å². The minimum atomic E-state index is -0.819. The number of ether oxygens (including phenoxy) is 1. The number of nitrogens with zero attached hydrogens (tertiary/aromatic N) is 2. The van der Waals surface area contributed by atoms with Crippen LogP contribution in [0, 0.1) is 16.0 Å². The number of anilines is 1. The topological polar surface area (TPSA) is 92.9 Å². The van der Waals surface area contributed by atoms with Crippen LogP contribution in [0.2, 0.25) is 0 Å². The Morgan fingerprint density at radius 2 is 2.22 bits per heavy atom. The Morgan fingerprint density at radius 1 is 1.56 bits per heavy atom. The van der Waals surface area contributed by atoms with Gasteiger partial charge in [0, 0.05) is 30.9 Å². The van der Waals surface area contributed by atoms with Crippen LogP contribution in [0.25, 0.3) is 0 Å². The Morgan fingerprint density at radius 3 is 2.72 bits per heavy atom. The highest BCUT2D eigenvalue weighted by molar-refractivity contribution is 5.75. The molecule has 0 aromatic heterocycles. The molecule has 1 aliphatic rings. The van der Waals surface area contributed by atoms with Crippen molar-refractivity contribution in [2.24, 2.45) is 5.92 Å². The normalized spacial score (nSPS) is 15.1. The molecule has 0 radical (unpaired) electrons. The molecule has 1 aromatic rings. The van der Waals surface area contributed by atoms with E-state index in [0.29, 0.717) is 13.1 Å². The second kappa shape index (κ2) is 4.52. The van der Waals surface area contributed by atoms with Gasteiger partial charge in [-0.15, -0.1) is 0 Å². The molecule has 0 aliphatic carbocycles. The number of carboxylic acid groups (broad SMARTS) is 1. The number of carbonyl (C=O) groups is 1. The summed E-state index contributed by atoms with van der Waals surface area (Å²) in [7, 11) is 1.36. The van der Waals surface area contributed by atoms with Gasteiger partial charge in [-0.1, -0.05) is 0 Å². The number of nitro benzene ring substituents is 1. The molecule has 1 aromatic carbocycles. The van der Waals surface area contributed by atoms with Gasteiger partial charge >= 0.3 is 11.7 Å². The summed E-state index contributed by atoms with van der Waals surface area (Å²) in [5.41, 5.74) is 0.631. The summed E-state index contributed by atoms with van der Waals surface area (Å²) in [6.07, 6.45) is 0. The van der Waals surface area contributed by atoms with E-state index in [-0.39, 0.29) is 17.4 Å². The van der Waals surface area contributed by atoms with Crippen molar-refractivity contribution < 1.29 is 19.6 Å². The molecule has 0 saturated carbocycles. The first-order valence-electron chi connectivity index (χ1n) is 5.33. The lowest BCUT2D eigenvalue weighted by Crippen LogP contribution is -2.50. The third-order valence-corrected chi connectivity index (χ3v) is 2.96. The lowest BCUT2D eigenvalue weighted by Gasteiger charge is -2.38. The molecule has 7 heteroatoms. The van der Waals surface area contributed by atoms with Gasteiger partial charge in [0.1, 0.15) is 0 Å². The van der Waals surface area contributed by atoms with Crippen molar-refractivity contribution in [2.45, 2.75) is 0 Å². The molecule has 1 aliphatic heterocycles. The van der Waals surface area contributed by atoms with Gasteiger partial charge in [-0.2, -0.15) is 0 Å². The molecular formula is C11H12N2O5. The van der Waals surface area contributed by atoms with E-state index in [4.69, 9.17) is 9.84 Å². The number of aliphatic carboxylic acids is 1. The molecule has 0 amide bonds. The van der Waals surface area contributed by atoms with Gasteiger partial charge in [0.25, 0.3) is 0 Å². The maximum Gasteiger partial charge on any atom is 0.311 e. The van der Waals surface area contributed by atoms with Gasteiger partial charge in [-0.25, -0.2) is 0 Å². The van der Waals surface area contributed by atoms with E-state index in [2.05, 4.69) is 0 Å². The average molecular weight is 252 g/mol. The monoisotopic (exact) mass is 252 g/mol. The summed E-state index contributed by atoms with van der Waals surface area (Å²) in [4.78, 5) is 22.7. The van der Waals surface area contributed by atoms with Crippen LogP contribution in [0.4, 0.5) is 11.4 Å². The molecule has 0 atom stereocenters. The first kappa shape index (κ1) is 12.2. The Labute approximate surface area is 103 Å². The van der Waals surface area contributed by atoms with E-state index < -0.39 is 10.9 Å². The van der Waals surface area contributed by atoms with E-state index in [1.807, 2.05) is 4.90 Å². The summed E-state index contributed by atoms with van der Waals surface area (Å²) < 4.78 is 4.96. The highest BCUT2D eigenvalue weighted by Crippen LogP contribution is 2.33. The second-order valence-electron chi connectivity index (χ2n) is 4.05. The standard InChI is InChI=1S/C11H12N2O5/c1-18-10-4-8(2-3-9(10)13(16)17)12-5-7(6-12)11(14)15/h2-4,7H,5-6H2,1H3,(H,14,15). The summed E-state index contributed by atoms with van der Waals surface area (Å²) in [5.74, 6) is -1.01. The van der Waals surface area contributed by atoms with Crippen molar-refractivity contribution in [3.63, 3.8) is 0 Å². The van der Waals surface area contributed by atoms with Crippen LogP contribution >= 0.6 is 0 Å². The van der Waals surface area contributed by atoms with Crippen molar-refractivity contribution in [1.82, 2.24) is 0 Å². The third-order valence-electron chi connectivity index (χ3n) is 2.96. The number of nitro groups is 1. The lowest BCUT2D eigenvalue weighted by atomic mass is 9.99. The summed E-state index contributed by atoms with van der Waals surface area (Å²) in [6.45, 7) is 0.826. The smallest absolute Gasteiger partial charge is 0.311 e. The molecular weight excluding hydrogens is 240 g/mol. The average Bonchev–Trinajstić information content (AvgIpc) is 2.25. The predicted octanol–water partition coefficient (Wildman–Crippen LogP) is 1.12. The van der Waals surface area contributed by atoms with Gasteiger partial charge < -0.3 is 14.7 Å². The molecule has 2 rings (SSSR count). The predicted molar refractivity (Wildman–Crippen MR) is 63.0 cm³/mol. The quantitative estimate of drug-likeness (QED) is 0.637. The van der Waals surface area contributed by atoms with Crippen LogP contribution in [0.3, 0.4) is 0 Å². The highest BCUT2D eigenvalue weighted by Gasteiger charge is 2.33. The zero-order valence-corrected chi connectivity index (χ0v) is 9.70. The van der Waals surface area contributed by atoms with E-state index in [1.54, 1.807) is 12.1 Å². The first-order valence-corrected chi connectivity index (χ1v) is 5.33. The summed E-state index contributed by atoms with van der Waals surface area (Å²) in [5, 5.41) is 19.5. The maximum absolute atomic E-state index is 10.7. The molecule has 18 heavy (non-hydrogen) atoms. The fraction of sp³-hybridized carbons (Fsp3) is 0.364. The van der Waals surface area contributed by atoms with Crippen LogP contribution in [0.15, 0.2) is 18.2 Å². The van der Waals surface area contributed by atoms with E-state index in [0.717, 1.165) is 5.69 Å². The molecule has 0 spiro atoms. The molecule has 1 saturated heterocycles. The third kappa shape index (κ3) is 2.06. The molecule has 1 fully saturated rings. The van der Waals surface area contributed by atoms with Crippen molar-refractivity contribution >= 4 is 17.3 Å². The molecule has 0 bridgehead atoms. The molecule has 0 unspecified atom stereocenters. The SMILES string of the molecule is COc1cc(N2CC(C(=O)O)C2)ccc1[N+](=O)[O-]. The Kier molecular flexibility index (Phi) is 3.05. The lowest BCUT2D eigenvalue weighted by molar-refractivity contribution is -0.385. The largest absolute Gasteiger partial charge is 0.490 e. The molecule has 1 heterocycles. The van der Waals surface area contributed by atoms with Gasteiger partial charge in [0.15, 0.2) is 5.75 Å². The minimum absolute atomic E-state index is 0.100. The number of benzene rings is 1. The zero-order valence-electron chi connectivity index (χ0n) is 9.70. The van der Waals surface area contributed by atoms with Crippen LogP contribution in [-0.2, 0) is 4.79 Å². The van der Waals surface area contributed by atoms with Crippen molar-refractivity contribution in [1.29, 1.82) is 0 Å². The number of hydrogen-bond donors (Lipinski definition) is 1. The Bertz CT molecular complexity index is 496. The highest BCUT2D eigenvalue weighted by atomic mass is 16.6. The summed E-state index contributed by atoms with van der Waals surface area (Å²) in [6, 6.07) is 4.51. The van der Waals surface area contributed by atoms with Gasteiger partial charge in [-0.05, 0) is 6.07 Å². The molecule has 96 valence electrons. The number of carboxylic acids is 1. The van der Waals surface area contributed by atoms with E-state index >= 15 is 0 Å². The van der Waals surface area contributed by atoms with E-state index in [1.165, 1.54) is 13.2 Å². The van der Waals surface area contributed by atoms with Crippen molar-refractivity contribution in [3.8, 4) is 5.75 Å². The van der Waals surface area contributed by atoms with Crippen LogP contribution in [0.5, 0.6) is 5.75 Å². The van der Waals surface area contributed by atoms with Crippen LogP contribution in [-0.4, -0.2) is 36.2 Å². The fourth-order valence-corrected chi connectivity index (χ4v) is 1.86. The van der Waals surface area contributed by atoms with Crippen LogP contribution in [0.1, 0.15) is 0 Å². The first-order chi connectivity index (χ1) is 8.52. The number of hydrogen-bond acceptors (Lipinski definition) is 5. The number of methoxy groups -OCH3 is 1. The second-order valence-corrected chi connectivity index (χ2v) is 4.05.